The Bertz CT molecular complexity index is 1280. The van der Waals surface area contributed by atoms with Gasteiger partial charge in [0.2, 0.25) is 5.91 Å². The van der Waals surface area contributed by atoms with Gasteiger partial charge in [0.1, 0.15) is 11.8 Å². The van der Waals surface area contributed by atoms with Crippen LogP contribution in [0.3, 0.4) is 0 Å². The van der Waals surface area contributed by atoms with Gasteiger partial charge in [-0.25, -0.2) is 18.4 Å². The molecule has 1 unspecified atom stereocenters. The molecule has 2 N–H and O–H groups in total. The third-order valence-corrected chi connectivity index (χ3v) is 7.08. The second-order valence-electron chi connectivity index (χ2n) is 10.1. The summed E-state index contributed by atoms with van der Waals surface area (Å²) < 4.78 is 40.6. The maximum Gasteiger partial charge on any atom is 0.414 e. The maximum absolute atomic E-state index is 15.1. The number of carbonyl (C=O) groups excluding carboxylic acids is 4. The molecule has 14 heteroatoms. The number of cyclic esters (lactones) is 1. The Labute approximate surface area is 234 Å². The van der Waals surface area contributed by atoms with Crippen molar-refractivity contribution in [1.82, 2.24) is 20.5 Å². The average molecular weight is 573 g/mol. The van der Waals surface area contributed by atoms with E-state index in [9.17, 15) is 19.2 Å². The zero-order valence-corrected chi connectivity index (χ0v) is 22.2. The lowest BCUT2D eigenvalue weighted by atomic mass is 10.2. The molecule has 0 spiro atoms. The Balaban J connectivity index is 1.11. The summed E-state index contributed by atoms with van der Waals surface area (Å²) in [4.78, 5) is 56.8. The van der Waals surface area contributed by atoms with E-state index < -0.39 is 35.8 Å². The number of piperazine rings is 1. The van der Waals surface area contributed by atoms with Gasteiger partial charge in [-0.3, -0.25) is 19.5 Å². The normalized spacial score (nSPS) is 18.6. The van der Waals surface area contributed by atoms with Crippen molar-refractivity contribution in [3.8, 4) is 0 Å². The monoisotopic (exact) mass is 572 g/mol. The molecule has 0 radical (unpaired) electrons. The van der Waals surface area contributed by atoms with Crippen molar-refractivity contribution < 1.29 is 37.4 Å². The molecule has 1 aromatic heterocycles. The molecule has 12 nitrogen and oxygen atoms in total. The number of anilines is 2. The first-order valence-electron chi connectivity index (χ1n) is 13.4. The number of halogens is 2. The van der Waals surface area contributed by atoms with Gasteiger partial charge < -0.3 is 29.9 Å². The van der Waals surface area contributed by atoms with E-state index in [-0.39, 0.29) is 63.1 Å². The molecule has 1 saturated carbocycles. The molecule has 218 valence electrons. The summed E-state index contributed by atoms with van der Waals surface area (Å²) in [5.74, 6) is -2.04. The number of carbonyl (C=O) groups is 4. The summed E-state index contributed by atoms with van der Waals surface area (Å²) in [5.41, 5.74) is 0.0680. The molecule has 4 amide bonds. The number of alkyl carbamates (subject to hydrolysis) is 1. The summed E-state index contributed by atoms with van der Waals surface area (Å²) in [6.45, 7) is 0.899. The smallest absolute Gasteiger partial charge is 0.414 e. The molecule has 2 aliphatic heterocycles. The van der Waals surface area contributed by atoms with Crippen LogP contribution in [0.25, 0.3) is 0 Å². The highest BCUT2D eigenvalue weighted by atomic mass is 19.1. The van der Waals surface area contributed by atoms with Crippen LogP contribution in [-0.2, 0) is 14.3 Å². The lowest BCUT2D eigenvalue weighted by Crippen LogP contribution is -2.51. The standard InChI is InChI=1S/C27H30F2N6O6/c28-21-10-19(35-15-20(41-27(35)39)13-32-26(38)40-16-17-3-4-17)11-22(29)24(21)34-8-6-33(7-9-34)23(36)14-31-25(37)18-2-1-5-30-12-18/h1-2,5,10-12,17,20H,3-4,6-9,13-16H2,(H,31,37)(H,32,38). The third kappa shape index (κ3) is 6.99. The lowest BCUT2D eigenvalue weighted by molar-refractivity contribution is -0.130. The molecule has 2 aromatic rings. The molecule has 41 heavy (non-hydrogen) atoms. The van der Waals surface area contributed by atoms with E-state index in [4.69, 9.17) is 9.47 Å². The Hall–Kier alpha value is -4.49. The molecular formula is C27H30F2N6O6. The fourth-order valence-electron chi connectivity index (χ4n) is 4.62. The number of amides is 4. The maximum atomic E-state index is 15.1. The number of pyridine rings is 1. The molecular weight excluding hydrogens is 542 g/mol. The van der Waals surface area contributed by atoms with Gasteiger partial charge in [0.25, 0.3) is 5.91 Å². The molecule has 1 atom stereocenters. The molecule has 2 saturated heterocycles. The SMILES string of the molecule is O=C(NCC1CN(c2cc(F)c(N3CCN(C(=O)CNC(=O)c4cccnc4)CC3)c(F)c2)C(=O)O1)OCC1CC1. The zero-order chi connectivity index (χ0) is 28.9. The number of ether oxygens (including phenoxy) is 2. The van der Waals surface area contributed by atoms with E-state index in [1.165, 1.54) is 22.2 Å². The van der Waals surface area contributed by atoms with E-state index in [1.807, 2.05) is 0 Å². The van der Waals surface area contributed by atoms with Gasteiger partial charge in [-0.05, 0) is 30.9 Å². The van der Waals surface area contributed by atoms with Crippen LogP contribution in [0, 0.1) is 17.6 Å². The van der Waals surface area contributed by atoms with Crippen LogP contribution in [0.2, 0.25) is 0 Å². The van der Waals surface area contributed by atoms with Gasteiger partial charge >= 0.3 is 12.2 Å². The Morgan fingerprint density at radius 1 is 1.07 bits per heavy atom. The zero-order valence-electron chi connectivity index (χ0n) is 22.2. The first kappa shape index (κ1) is 28.1. The summed E-state index contributed by atoms with van der Waals surface area (Å²) in [6, 6.07) is 5.32. The van der Waals surface area contributed by atoms with E-state index >= 15 is 8.78 Å². The second-order valence-corrected chi connectivity index (χ2v) is 10.1. The van der Waals surface area contributed by atoms with Crippen LogP contribution >= 0.6 is 0 Å². The van der Waals surface area contributed by atoms with Crippen molar-refractivity contribution in [1.29, 1.82) is 0 Å². The average Bonchev–Trinajstić information content (AvgIpc) is 3.73. The molecule has 3 heterocycles. The summed E-state index contributed by atoms with van der Waals surface area (Å²) in [7, 11) is 0. The number of nitrogens with one attached hydrogen (secondary N) is 2. The number of hydrogen-bond acceptors (Lipinski definition) is 8. The van der Waals surface area contributed by atoms with Gasteiger partial charge in [-0.15, -0.1) is 0 Å². The van der Waals surface area contributed by atoms with Crippen LogP contribution < -0.4 is 20.4 Å². The van der Waals surface area contributed by atoms with E-state index in [2.05, 4.69) is 15.6 Å². The minimum atomic E-state index is -0.860. The summed E-state index contributed by atoms with van der Waals surface area (Å²) >= 11 is 0. The van der Waals surface area contributed by atoms with Crippen molar-refractivity contribution in [2.24, 2.45) is 5.92 Å². The first-order valence-corrected chi connectivity index (χ1v) is 13.4. The minimum absolute atomic E-state index is 0.00191. The number of hydrogen-bond donors (Lipinski definition) is 2. The van der Waals surface area contributed by atoms with Crippen LogP contribution in [0.1, 0.15) is 23.2 Å². The highest BCUT2D eigenvalue weighted by Crippen LogP contribution is 2.32. The second kappa shape index (κ2) is 12.4. The third-order valence-electron chi connectivity index (χ3n) is 7.08. The highest BCUT2D eigenvalue weighted by molar-refractivity contribution is 5.96. The van der Waals surface area contributed by atoms with Crippen molar-refractivity contribution in [2.75, 3.05) is 62.2 Å². The molecule has 1 aliphatic carbocycles. The predicted molar refractivity (Wildman–Crippen MR) is 141 cm³/mol. The molecule has 3 fully saturated rings. The summed E-state index contributed by atoms with van der Waals surface area (Å²) in [5, 5.41) is 5.09. The van der Waals surface area contributed by atoms with Crippen molar-refractivity contribution >= 4 is 35.4 Å². The summed E-state index contributed by atoms with van der Waals surface area (Å²) in [6.07, 6.45) is 2.92. The molecule has 5 rings (SSSR count). The first-order chi connectivity index (χ1) is 19.8. The van der Waals surface area contributed by atoms with Crippen LogP contribution in [-0.4, -0.2) is 92.4 Å². The quantitative estimate of drug-likeness (QED) is 0.466. The minimum Gasteiger partial charge on any atom is -0.449 e. The fourth-order valence-corrected chi connectivity index (χ4v) is 4.62. The predicted octanol–water partition coefficient (Wildman–Crippen LogP) is 1.90. The molecule has 3 aliphatic rings. The number of rotatable bonds is 9. The number of nitrogens with zero attached hydrogens (tertiary/aromatic N) is 4. The van der Waals surface area contributed by atoms with Gasteiger partial charge in [-0.2, -0.15) is 0 Å². The van der Waals surface area contributed by atoms with E-state index in [1.54, 1.807) is 12.1 Å². The van der Waals surface area contributed by atoms with Gasteiger partial charge in [-0.1, -0.05) is 0 Å². The van der Waals surface area contributed by atoms with Crippen LogP contribution in [0.4, 0.5) is 29.7 Å². The molecule has 1 aromatic carbocycles. The Morgan fingerprint density at radius 3 is 2.46 bits per heavy atom. The highest BCUT2D eigenvalue weighted by Gasteiger charge is 2.34. The van der Waals surface area contributed by atoms with Crippen molar-refractivity contribution in [3.05, 3.63) is 53.9 Å². The topological polar surface area (TPSA) is 133 Å². The van der Waals surface area contributed by atoms with Crippen molar-refractivity contribution in [3.63, 3.8) is 0 Å². The van der Waals surface area contributed by atoms with E-state index in [0.29, 0.717) is 18.1 Å². The number of benzene rings is 1. The Morgan fingerprint density at radius 2 is 1.80 bits per heavy atom. The van der Waals surface area contributed by atoms with Crippen LogP contribution in [0.15, 0.2) is 36.7 Å². The van der Waals surface area contributed by atoms with Crippen molar-refractivity contribution in [2.45, 2.75) is 18.9 Å². The van der Waals surface area contributed by atoms with Gasteiger partial charge in [0.05, 0.1) is 37.5 Å². The Kier molecular flexibility index (Phi) is 8.45. The lowest BCUT2D eigenvalue weighted by Gasteiger charge is -2.36. The largest absolute Gasteiger partial charge is 0.449 e. The van der Waals surface area contributed by atoms with Gasteiger partial charge in [0.15, 0.2) is 11.6 Å². The van der Waals surface area contributed by atoms with E-state index in [0.717, 1.165) is 29.9 Å². The fraction of sp³-hybridized carbons (Fsp3) is 0.444. The van der Waals surface area contributed by atoms with Gasteiger partial charge in [0, 0.05) is 50.7 Å². The van der Waals surface area contributed by atoms with Crippen LogP contribution in [0.5, 0.6) is 0 Å². The number of aromatic nitrogens is 1. The molecule has 0 bridgehead atoms.